The fraction of sp³-hybridized carbons (Fsp3) is 0.176. The van der Waals surface area contributed by atoms with Crippen molar-refractivity contribution >= 4 is 46.4 Å². The summed E-state index contributed by atoms with van der Waals surface area (Å²) in [5.74, 6) is -0.542. The van der Waals surface area contributed by atoms with Crippen LogP contribution in [0.15, 0.2) is 42.5 Å². The molecule has 0 aliphatic heterocycles. The quantitative estimate of drug-likeness (QED) is 0.555. The Hall–Kier alpha value is -2.84. The molecule has 27 heavy (non-hydrogen) atoms. The fourth-order valence-electron chi connectivity index (χ4n) is 2.00. The zero-order valence-corrected chi connectivity index (χ0v) is 15.7. The summed E-state index contributed by atoms with van der Waals surface area (Å²) in [5.41, 5.74) is 0.377. The Morgan fingerprint density at radius 2 is 1.81 bits per heavy atom. The first-order valence-corrected chi connectivity index (χ1v) is 8.38. The minimum absolute atomic E-state index is 0.0789. The van der Waals surface area contributed by atoms with E-state index in [-0.39, 0.29) is 18.8 Å². The van der Waals surface area contributed by atoms with E-state index in [2.05, 4.69) is 5.32 Å². The lowest BCUT2D eigenvalue weighted by Crippen LogP contribution is -2.37. The smallest absolute Gasteiger partial charge is 0.269 e. The maximum absolute atomic E-state index is 12.1. The second-order valence-corrected chi connectivity index (χ2v) is 6.28. The zero-order valence-electron chi connectivity index (χ0n) is 14.1. The number of carbonyl (C=O) groups is 2. The molecule has 0 aromatic heterocycles. The average molecular weight is 412 g/mol. The van der Waals surface area contributed by atoms with E-state index in [1.54, 1.807) is 12.1 Å². The minimum Gasteiger partial charge on any atom is -0.484 e. The van der Waals surface area contributed by atoms with Gasteiger partial charge in [0.05, 0.1) is 21.5 Å². The summed E-state index contributed by atoms with van der Waals surface area (Å²) < 4.78 is 5.27. The second-order valence-electron chi connectivity index (χ2n) is 5.47. The van der Waals surface area contributed by atoms with Gasteiger partial charge in [-0.05, 0) is 30.3 Å². The Kier molecular flexibility index (Phi) is 6.98. The molecule has 0 aliphatic rings. The monoisotopic (exact) mass is 411 g/mol. The molecule has 0 radical (unpaired) electrons. The number of nitrogens with zero attached hydrogens (tertiary/aromatic N) is 2. The molecule has 8 nitrogen and oxygen atoms in total. The number of halogens is 2. The number of rotatable bonds is 7. The highest BCUT2D eigenvalue weighted by molar-refractivity contribution is 6.42. The maximum atomic E-state index is 12.1. The average Bonchev–Trinajstić information content (AvgIpc) is 2.63. The van der Waals surface area contributed by atoms with Gasteiger partial charge in [-0.3, -0.25) is 19.7 Å². The van der Waals surface area contributed by atoms with Crippen LogP contribution >= 0.6 is 23.2 Å². The summed E-state index contributed by atoms with van der Waals surface area (Å²) in [6.45, 7) is -0.503. The Bertz CT molecular complexity index is 858. The molecular weight excluding hydrogens is 397 g/mol. The number of anilines is 1. The number of hydrogen-bond donors (Lipinski definition) is 1. The van der Waals surface area contributed by atoms with E-state index >= 15 is 0 Å². The number of likely N-dealkylation sites (N-methyl/N-ethyl adjacent to an activating group) is 1. The van der Waals surface area contributed by atoms with Gasteiger partial charge in [-0.15, -0.1) is 0 Å². The van der Waals surface area contributed by atoms with E-state index in [4.69, 9.17) is 27.9 Å². The summed E-state index contributed by atoms with van der Waals surface area (Å²) in [7, 11) is 1.45. The van der Waals surface area contributed by atoms with Crippen molar-refractivity contribution in [2.24, 2.45) is 0 Å². The van der Waals surface area contributed by atoms with Crippen LogP contribution in [0.3, 0.4) is 0 Å². The summed E-state index contributed by atoms with van der Waals surface area (Å²) in [4.78, 5) is 35.3. The highest BCUT2D eigenvalue weighted by Gasteiger charge is 2.14. The standard InChI is InChI=1S/C17H15Cl2N3O5/c1-21(9-16(23)20-11-2-7-14(18)15(19)8-11)17(24)10-27-13-5-3-12(4-6-13)22(25)26/h2-8H,9-10H2,1H3,(H,20,23). The van der Waals surface area contributed by atoms with Crippen molar-refractivity contribution in [3.63, 3.8) is 0 Å². The first kappa shape index (κ1) is 20.5. The highest BCUT2D eigenvalue weighted by Crippen LogP contribution is 2.25. The van der Waals surface area contributed by atoms with Gasteiger partial charge in [0.25, 0.3) is 11.6 Å². The van der Waals surface area contributed by atoms with Gasteiger partial charge in [-0.1, -0.05) is 23.2 Å². The van der Waals surface area contributed by atoms with Crippen molar-refractivity contribution in [1.29, 1.82) is 0 Å². The van der Waals surface area contributed by atoms with E-state index < -0.39 is 16.7 Å². The van der Waals surface area contributed by atoms with E-state index in [1.165, 1.54) is 42.3 Å². The lowest BCUT2D eigenvalue weighted by Gasteiger charge is -2.17. The Labute approximate surface area is 164 Å². The molecule has 2 rings (SSSR count). The molecule has 10 heteroatoms. The van der Waals surface area contributed by atoms with Gasteiger partial charge < -0.3 is 15.0 Å². The van der Waals surface area contributed by atoms with Crippen LogP contribution in [0.5, 0.6) is 5.75 Å². The molecule has 142 valence electrons. The van der Waals surface area contributed by atoms with Crippen LogP contribution in [0.25, 0.3) is 0 Å². The molecule has 0 saturated carbocycles. The molecule has 0 bridgehead atoms. The number of benzene rings is 2. The van der Waals surface area contributed by atoms with Crippen molar-refractivity contribution in [2.75, 3.05) is 25.5 Å². The third kappa shape index (κ3) is 6.12. The number of nitrogens with one attached hydrogen (secondary N) is 1. The van der Waals surface area contributed by atoms with E-state index in [9.17, 15) is 19.7 Å². The van der Waals surface area contributed by atoms with Gasteiger partial charge >= 0.3 is 0 Å². The predicted octanol–water partition coefficient (Wildman–Crippen LogP) is 3.38. The molecule has 2 aromatic rings. The van der Waals surface area contributed by atoms with Gasteiger partial charge in [-0.2, -0.15) is 0 Å². The number of nitro groups is 1. The first-order valence-electron chi connectivity index (χ1n) is 7.62. The third-order valence-corrected chi connectivity index (χ3v) is 4.16. The predicted molar refractivity (Wildman–Crippen MR) is 101 cm³/mol. The van der Waals surface area contributed by atoms with Gasteiger partial charge in [0.1, 0.15) is 5.75 Å². The van der Waals surface area contributed by atoms with Crippen molar-refractivity contribution < 1.29 is 19.2 Å². The third-order valence-electron chi connectivity index (χ3n) is 3.42. The lowest BCUT2D eigenvalue weighted by molar-refractivity contribution is -0.384. The minimum atomic E-state index is -0.533. The molecule has 0 spiro atoms. The van der Waals surface area contributed by atoms with Crippen molar-refractivity contribution in [3.05, 3.63) is 62.6 Å². The Balaban J connectivity index is 1.82. The summed E-state index contributed by atoms with van der Waals surface area (Å²) in [5, 5.41) is 13.9. The summed E-state index contributed by atoms with van der Waals surface area (Å²) in [6.07, 6.45) is 0. The van der Waals surface area contributed by atoms with E-state index in [1.807, 2.05) is 0 Å². The molecule has 0 aliphatic carbocycles. The SMILES string of the molecule is CN(CC(=O)Nc1ccc(Cl)c(Cl)c1)C(=O)COc1ccc([N+](=O)[O-])cc1. The number of ether oxygens (including phenoxy) is 1. The molecule has 0 fully saturated rings. The number of amides is 2. The second kappa shape index (κ2) is 9.20. The van der Waals surface area contributed by atoms with Crippen LogP contribution < -0.4 is 10.1 Å². The number of non-ortho nitro benzene ring substituents is 1. The number of hydrogen-bond acceptors (Lipinski definition) is 5. The molecule has 0 unspecified atom stereocenters. The summed E-state index contributed by atoms with van der Waals surface area (Å²) in [6, 6.07) is 9.96. The molecule has 1 N–H and O–H groups in total. The van der Waals surface area contributed by atoms with Crippen LogP contribution in [0.1, 0.15) is 0 Å². The van der Waals surface area contributed by atoms with Crippen LogP contribution in [-0.2, 0) is 9.59 Å². The maximum Gasteiger partial charge on any atom is 0.269 e. The number of carbonyl (C=O) groups excluding carboxylic acids is 2. The molecule has 2 aromatic carbocycles. The largest absolute Gasteiger partial charge is 0.484 e. The molecular formula is C17H15Cl2N3O5. The normalized spacial score (nSPS) is 10.2. The topological polar surface area (TPSA) is 102 Å². The summed E-state index contributed by atoms with van der Waals surface area (Å²) >= 11 is 11.7. The molecule has 2 amide bonds. The van der Waals surface area contributed by atoms with Gasteiger partial charge in [0.2, 0.25) is 5.91 Å². The molecule has 0 heterocycles. The van der Waals surface area contributed by atoms with E-state index in [0.717, 1.165) is 0 Å². The van der Waals surface area contributed by atoms with Gasteiger partial charge in [-0.25, -0.2) is 0 Å². The van der Waals surface area contributed by atoms with Crippen LogP contribution in [0, 0.1) is 10.1 Å². The molecule has 0 saturated heterocycles. The van der Waals surface area contributed by atoms with E-state index in [0.29, 0.717) is 21.5 Å². The zero-order chi connectivity index (χ0) is 20.0. The molecule has 0 atom stereocenters. The first-order chi connectivity index (χ1) is 12.8. The van der Waals surface area contributed by atoms with Crippen molar-refractivity contribution in [3.8, 4) is 5.75 Å². The number of nitro benzene ring substituents is 1. The highest BCUT2D eigenvalue weighted by atomic mass is 35.5. The van der Waals surface area contributed by atoms with Crippen LogP contribution in [0.4, 0.5) is 11.4 Å². The van der Waals surface area contributed by atoms with Crippen LogP contribution in [-0.4, -0.2) is 41.8 Å². The van der Waals surface area contributed by atoms with Gasteiger partial charge in [0, 0.05) is 24.9 Å². The fourth-order valence-corrected chi connectivity index (χ4v) is 2.30. The van der Waals surface area contributed by atoms with Crippen molar-refractivity contribution in [2.45, 2.75) is 0 Å². The van der Waals surface area contributed by atoms with Gasteiger partial charge in [0.15, 0.2) is 6.61 Å². The Morgan fingerprint density at radius 1 is 1.15 bits per heavy atom. The van der Waals surface area contributed by atoms with Crippen molar-refractivity contribution in [1.82, 2.24) is 4.90 Å². The lowest BCUT2D eigenvalue weighted by atomic mass is 10.3. The Morgan fingerprint density at radius 3 is 2.41 bits per heavy atom. The van der Waals surface area contributed by atoms with Crippen LogP contribution in [0.2, 0.25) is 10.0 Å².